The Morgan fingerprint density at radius 1 is 1.07 bits per heavy atom. The fraction of sp³-hybridized carbons (Fsp3) is 0.458. The summed E-state index contributed by atoms with van der Waals surface area (Å²) in [6.07, 6.45) is 2.98. The van der Waals surface area contributed by atoms with Gasteiger partial charge in [0, 0.05) is 17.6 Å². The van der Waals surface area contributed by atoms with Crippen LogP contribution in [0.15, 0.2) is 48.5 Å². The molecule has 0 spiro atoms. The van der Waals surface area contributed by atoms with Gasteiger partial charge in [-0.1, -0.05) is 45.0 Å². The van der Waals surface area contributed by atoms with Crippen LogP contribution in [-0.4, -0.2) is 31.6 Å². The molecule has 0 heterocycles. The lowest BCUT2D eigenvalue weighted by molar-refractivity contribution is 0.0902. The minimum absolute atomic E-state index is 0.0350. The van der Waals surface area contributed by atoms with Gasteiger partial charge in [-0.05, 0) is 66.6 Å². The average molecular weight is 381 g/mol. The summed E-state index contributed by atoms with van der Waals surface area (Å²) in [6, 6.07) is 16.9. The van der Waals surface area contributed by atoms with E-state index in [9.17, 15) is 4.79 Å². The molecule has 2 N–H and O–H groups in total. The Morgan fingerprint density at radius 3 is 2.43 bits per heavy atom. The fourth-order valence-electron chi connectivity index (χ4n) is 3.51. The molecule has 1 aliphatic rings. The number of rotatable bonds is 7. The van der Waals surface area contributed by atoms with Gasteiger partial charge in [0.25, 0.3) is 5.91 Å². The highest BCUT2D eigenvalue weighted by Crippen LogP contribution is 2.24. The van der Waals surface area contributed by atoms with Crippen molar-refractivity contribution in [3.05, 3.63) is 65.2 Å². The SMILES string of the molecule is COc1ccc(CCN[C@H]2C[C@H](NC(=O)c3cccc(C(C)(C)C)c3)C2)cc1. The number of ether oxygens (including phenoxy) is 1. The second-order valence-corrected chi connectivity index (χ2v) is 8.72. The Morgan fingerprint density at radius 2 is 1.79 bits per heavy atom. The van der Waals surface area contributed by atoms with Crippen LogP contribution in [0.2, 0.25) is 0 Å². The van der Waals surface area contributed by atoms with Crippen molar-refractivity contribution >= 4 is 5.91 Å². The molecule has 0 saturated heterocycles. The molecular weight excluding hydrogens is 348 g/mol. The number of carbonyl (C=O) groups is 1. The molecule has 3 rings (SSSR count). The van der Waals surface area contributed by atoms with Crippen molar-refractivity contribution in [3.8, 4) is 5.75 Å². The van der Waals surface area contributed by atoms with Crippen molar-refractivity contribution in [2.24, 2.45) is 0 Å². The first-order valence-electron chi connectivity index (χ1n) is 10.1. The van der Waals surface area contributed by atoms with Crippen LogP contribution in [0.4, 0.5) is 0 Å². The van der Waals surface area contributed by atoms with Crippen molar-refractivity contribution < 1.29 is 9.53 Å². The van der Waals surface area contributed by atoms with Gasteiger partial charge in [-0.15, -0.1) is 0 Å². The van der Waals surface area contributed by atoms with Crippen LogP contribution in [0.3, 0.4) is 0 Å². The van der Waals surface area contributed by atoms with E-state index in [2.05, 4.69) is 49.6 Å². The number of amides is 1. The maximum absolute atomic E-state index is 12.5. The molecule has 2 aromatic rings. The van der Waals surface area contributed by atoms with Gasteiger partial charge in [0.05, 0.1) is 7.11 Å². The molecule has 4 heteroatoms. The summed E-state index contributed by atoms with van der Waals surface area (Å²) in [4.78, 5) is 12.5. The van der Waals surface area contributed by atoms with Gasteiger partial charge in [0.15, 0.2) is 0 Å². The molecule has 2 aromatic carbocycles. The number of carbonyl (C=O) groups excluding carboxylic acids is 1. The normalized spacial score (nSPS) is 19.0. The number of hydrogen-bond donors (Lipinski definition) is 2. The zero-order valence-corrected chi connectivity index (χ0v) is 17.4. The van der Waals surface area contributed by atoms with E-state index in [-0.39, 0.29) is 17.4 Å². The fourth-order valence-corrected chi connectivity index (χ4v) is 3.51. The van der Waals surface area contributed by atoms with E-state index < -0.39 is 0 Å². The molecule has 0 unspecified atom stereocenters. The van der Waals surface area contributed by atoms with E-state index >= 15 is 0 Å². The largest absolute Gasteiger partial charge is 0.497 e. The molecule has 0 radical (unpaired) electrons. The van der Waals surface area contributed by atoms with Gasteiger partial charge in [-0.3, -0.25) is 4.79 Å². The molecule has 0 aromatic heterocycles. The first-order valence-corrected chi connectivity index (χ1v) is 10.1. The van der Waals surface area contributed by atoms with E-state index in [1.165, 1.54) is 11.1 Å². The van der Waals surface area contributed by atoms with Gasteiger partial charge in [-0.2, -0.15) is 0 Å². The monoisotopic (exact) mass is 380 g/mol. The first kappa shape index (κ1) is 20.4. The highest BCUT2D eigenvalue weighted by molar-refractivity contribution is 5.94. The summed E-state index contributed by atoms with van der Waals surface area (Å²) in [5.41, 5.74) is 3.29. The van der Waals surface area contributed by atoms with Crippen LogP contribution >= 0.6 is 0 Å². The number of nitrogens with one attached hydrogen (secondary N) is 2. The Bertz CT molecular complexity index is 787. The molecule has 1 amide bonds. The van der Waals surface area contributed by atoms with Crippen molar-refractivity contribution in [3.63, 3.8) is 0 Å². The third-order valence-electron chi connectivity index (χ3n) is 5.47. The maximum Gasteiger partial charge on any atom is 0.251 e. The molecule has 150 valence electrons. The third-order valence-corrected chi connectivity index (χ3v) is 5.47. The molecule has 1 fully saturated rings. The molecule has 0 aliphatic heterocycles. The van der Waals surface area contributed by atoms with Gasteiger partial charge < -0.3 is 15.4 Å². The summed E-state index contributed by atoms with van der Waals surface area (Å²) in [7, 11) is 1.68. The van der Waals surface area contributed by atoms with Crippen molar-refractivity contribution in [2.45, 2.75) is 57.5 Å². The minimum Gasteiger partial charge on any atom is -0.497 e. The smallest absolute Gasteiger partial charge is 0.251 e. The lowest BCUT2D eigenvalue weighted by Crippen LogP contribution is -2.52. The summed E-state index contributed by atoms with van der Waals surface area (Å²) in [6.45, 7) is 7.44. The van der Waals surface area contributed by atoms with Gasteiger partial charge in [0.2, 0.25) is 0 Å². The molecule has 28 heavy (non-hydrogen) atoms. The van der Waals surface area contributed by atoms with E-state index in [0.29, 0.717) is 6.04 Å². The Hall–Kier alpha value is -2.33. The molecule has 1 saturated carbocycles. The van der Waals surface area contributed by atoms with Crippen LogP contribution in [0.5, 0.6) is 5.75 Å². The summed E-state index contributed by atoms with van der Waals surface area (Å²) in [5.74, 6) is 0.926. The van der Waals surface area contributed by atoms with Crippen LogP contribution in [0, 0.1) is 0 Å². The van der Waals surface area contributed by atoms with Crippen LogP contribution in [0.1, 0.15) is 55.1 Å². The number of benzene rings is 2. The molecule has 0 atom stereocenters. The van der Waals surface area contributed by atoms with E-state index in [1.807, 2.05) is 30.3 Å². The minimum atomic E-state index is 0.0350. The van der Waals surface area contributed by atoms with E-state index in [4.69, 9.17) is 4.74 Å². The second kappa shape index (κ2) is 8.78. The Labute approximate surface area is 168 Å². The Balaban J connectivity index is 1.39. The Kier molecular flexibility index (Phi) is 6.40. The molecule has 4 nitrogen and oxygen atoms in total. The summed E-state index contributed by atoms with van der Waals surface area (Å²) < 4.78 is 5.19. The standard InChI is InChI=1S/C24H32N2O2/c1-24(2,3)19-7-5-6-18(14-19)23(27)26-21-15-20(16-21)25-13-12-17-8-10-22(28-4)11-9-17/h5-11,14,20-21,25H,12-13,15-16H2,1-4H3,(H,26,27)/t20-,21-. The molecule has 0 bridgehead atoms. The zero-order chi connectivity index (χ0) is 20.1. The first-order chi connectivity index (χ1) is 13.3. The molecule has 1 aliphatic carbocycles. The van der Waals surface area contributed by atoms with Crippen molar-refractivity contribution in [2.75, 3.05) is 13.7 Å². The zero-order valence-electron chi connectivity index (χ0n) is 17.4. The summed E-state index contributed by atoms with van der Waals surface area (Å²) >= 11 is 0. The molecular formula is C24H32N2O2. The highest BCUT2D eigenvalue weighted by atomic mass is 16.5. The quantitative estimate of drug-likeness (QED) is 0.761. The van der Waals surface area contributed by atoms with E-state index in [0.717, 1.165) is 37.1 Å². The van der Waals surface area contributed by atoms with Crippen LogP contribution in [-0.2, 0) is 11.8 Å². The van der Waals surface area contributed by atoms with Crippen LogP contribution in [0.25, 0.3) is 0 Å². The van der Waals surface area contributed by atoms with Crippen molar-refractivity contribution in [1.29, 1.82) is 0 Å². The highest BCUT2D eigenvalue weighted by Gasteiger charge is 2.30. The lowest BCUT2D eigenvalue weighted by Gasteiger charge is -2.36. The predicted octanol–water partition coefficient (Wildman–Crippen LogP) is 4.09. The number of hydrogen-bond acceptors (Lipinski definition) is 3. The number of methoxy groups -OCH3 is 1. The third kappa shape index (κ3) is 5.35. The van der Waals surface area contributed by atoms with E-state index in [1.54, 1.807) is 7.11 Å². The topological polar surface area (TPSA) is 50.4 Å². The van der Waals surface area contributed by atoms with Gasteiger partial charge in [-0.25, -0.2) is 0 Å². The summed E-state index contributed by atoms with van der Waals surface area (Å²) in [5, 5.41) is 6.75. The second-order valence-electron chi connectivity index (χ2n) is 8.72. The maximum atomic E-state index is 12.5. The lowest BCUT2D eigenvalue weighted by atomic mass is 9.85. The van der Waals surface area contributed by atoms with Crippen molar-refractivity contribution in [1.82, 2.24) is 10.6 Å². The van der Waals surface area contributed by atoms with Crippen LogP contribution < -0.4 is 15.4 Å². The average Bonchev–Trinajstić information content (AvgIpc) is 2.65. The predicted molar refractivity (Wildman–Crippen MR) is 114 cm³/mol. The van der Waals surface area contributed by atoms with Gasteiger partial charge in [0.1, 0.15) is 5.75 Å². The van der Waals surface area contributed by atoms with Gasteiger partial charge >= 0.3 is 0 Å².